The zero-order valence-corrected chi connectivity index (χ0v) is 22.5. The van der Waals surface area contributed by atoms with Crippen LogP contribution >= 0.6 is 11.6 Å². The van der Waals surface area contributed by atoms with Crippen LogP contribution < -0.4 is 16.2 Å². The van der Waals surface area contributed by atoms with Gasteiger partial charge in [0.25, 0.3) is 16.0 Å². The number of likely N-dealkylation sites (tertiary alicyclic amines) is 1. The van der Waals surface area contributed by atoms with Gasteiger partial charge in [-0.15, -0.1) is 0 Å². The second-order valence-corrected chi connectivity index (χ2v) is 11.2. The van der Waals surface area contributed by atoms with Crippen molar-refractivity contribution in [2.24, 2.45) is 5.73 Å². The molecule has 0 radical (unpaired) electrons. The molecular formula is C25H26ClF2N5O6S. The van der Waals surface area contributed by atoms with E-state index in [4.69, 9.17) is 27.8 Å². The van der Waals surface area contributed by atoms with Crippen molar-refractivity contribution in [1.82, 2.24) is 14.9 Å². The van der Waals surface area contributed by atoms with Crippen molar-refractivity contribution in [3.8, 4) is 17.1 Å². The number of nitrogens with two attached hydrogens (primary N) is 2. The Morgan fingerprint density at radius 3 is 2.52 bits per heavy atom. The van der Waals surface area contributed by atoms with Gasteiger partial charge in [-0.1, -0.05) is 17.7 Å². The van der Waals surface area contributed by atoms with Crippen molar-refractivity contribution in [3.05, 3.63) is 69.9 Å². The predicted octanol–water partition coefficient (Wildman–Crippen LogP) is 2.72. The molecule has 1 aliphatic heterocycles. The highest BCUT2D eigenvalue weighted by molar-refractivity contribution is 7.86. The Morgan fingerprint density at radius 2 is 1.88 bits per heavy atom. The molecule has 1 saturated heterocycles. The molecule has 1 amide bonds. The van der Waals surface area contributed by atoms with Gasteiger partial charge in [0.15, 0.2) is 5.82 Å². The Labute approximate surface area is 233 Å². The van der Waals surface area contributed by atoms with E-state index in [-0.39, 0.29) is 46.2 Å². The Balaban J connectivity index is 1.75. The Kier molecular flexibility index (Phi) is 8.85. The molecule has 15 heteroatoms. The summed E-state index contributed by atoms with van der Waals surface area (Å²) in [4.78, 5) is 22.0. The summed E-state index contributed by atoms with van der Waals surface area (Å²) in [6.45, 7) is 0.131. The van der Waals surface area contributed by atoms with Gasteiger partial charge in [0.05, 0.1) is 23.0 Å². The fourth-order valence-corrected chi connectivity index (χ4v) is 5.49. The van der Waals surface area contributed by atoms with Crippen molar-refractivity contribution in [2.75, 3.05) is 25.4 Å². The summed E-state index contributed by atoms with van der Waals surface area (Å²) in [7, 11) is -4.69. The number of aliphatic hydroxyl groups excluding tert-OH is 1. The van der Waals surface area contributed by atoms with Gasteiger partial charge in [0.2, 0.25) is 5.91 Å². The van der Waals surface area contributed by atoms with E-state index in [0.717, 1.165) is 12.1 Å². The quantitative estimate of drug-likeness (QED) is 0.211. The molecule has 40 heavy (non-hydrogen) atoms. The van der Waals surface area contributed by atoms with Gasteiger partial charge >= 0.3 is 0 Å². The number of nitrogens with zero attached hydrogens (tertiary/aromatic N) is 3. The maximum absolute atomic E-state index is 14.2. The third kappa shape index (κ3) is 6.64. The summed E-state index contributed by atoms with van der Waals surface area (Å²) in [5.74, 6) is -3.02. The molecule has 1 aliphatic rings. The summed E-state index contributed by atoms with van der Waals surface area (Å²) in [6, 6.07) is 5.69. The first-order valence-corrected chi connectivity index (χ1v) is 13.9. The van der Waals surface area contributed by atoms with Crippen LogP contribution in [-0.4, -0.2) is 64.6 Å². The van der Waals surface area contributed by atoms with Gasteiger partial charge in [-0.2, -0.15) is 8.42 Å². The highest BCUT2D eigenvalue weighted by Gasteiger charge is 2.32. The highest BCUT2D eigenvalue weighted by atomic mass is 35.5. The topological polar surface area (TPSA) is 182 Å². The van der Waals surface area contributed by atoms with Crippen LogP contribution in [0.2, 0.25) is 5.02 Å². The van der Waals surface area contributed by atoms with Gasteiger partial charge in [-0.3, -0.25) is 9.35 Å². The number of carbonyl (C=O) groups is 1. The van der Waals surface area contributed by atoms with Crippen LogP contribution in [0.1, 0.15) is 39.6 Å². The van der Waals surface area contributed by atoms with Gasteiger partial charge in [0.1, 0.15) is 23.5 Å². The third-order valence-corrected chi connectivity index (χ3v) is 8.09. The monoisotopic (exact) mass is 597 g/mol. The number of primary amides is 1. The standard InChI is InChI=1S/C25H26ClF2N5O6S/c26-22-17(18(27)3-4-19(22)28)12-39-25-23(29)31-10-20(32-25)16-9-13(24(30)35)1-2-15(16)21(40(36,37)38)11-33-7-5-14(34)6-8-33/h1-4,9-10,14,21,34H,5-8,11-12H2,(H2,29,31)(H2,30,35)(H,36,37,38). The number of hydrogen-bond acceptors (Lipinski definition) is 9. The van der Waals surface area contributed by atoms with E-state index in [9.17, 15) is 31.7 Å². The number of rotatable bonds is 9. The zero-order chi connectivity index (χ0) is 29.2. The Hall–Kier alpha value is -3.43. The minimum Gasteiger partial charge on any atom is -0.470 e. The van der Waals surface area contributed by atoms with Crippen molar-refractivity contribution >= 4 is 33.4 Å². The molecular weight excluding hydrogens is 572 g/mol. The molecule has 3 aromatic rings. The van der Waals surface area contributed by atoms with Crippen LogP contribution in [0.25, 0.3) is 11.3 Å². The second kappa shape index (κ2) is 12.0. The minimum atomic E-state index is -4.69. The van der Waals surface area contributed by atoms with E-state index in [1.54, 1.807) is 4.90 Å². The van der Waals surface area contributed by atoms with Crippen LogP contribution in [-0.2, 0) is 16.7 Å². The van der Waals surface area contributed by atoms with E-state index in [1.165, 1.54) is 24.4 Å². The number of piperidine rings is 1. The molecule has 0 spiro atoms. The van der Waals surface area contributed by atoms with E-state index in [1.807, 2.05) is 0 Å². The van der Waals surface area contributed by atoms with Crippen molar-refractivity contribution in [2.45, 2.75) is 30.8 Å². The zero-order valence-electron chi connectivity index (χ0n) is 20.9. The molecule has 0 saturated carbocycles. The summed E-state index contributed by atoms with van der Waals surface area (Å²) in [5, 5.41) is 7.85. The molecule has 2 aromatic carbocycles. The summed E-state index contributed by atoms with van der Waals surface area (Å²) < 4.78 is 68.9. The van der Waals surface area contributed by atoms with E-state index in [0.29, 0.717) is 25.9 Å². The molecule has 0 bridgehead atoms. The number of nitrogen functional groups attached to an aromatic ring is 1. The van der Waals surface area contributed by atoms with Crippen molar-refractivity contribution < 1.29 is 36.4 Å². The lowest BCUT2D eigenvalue weighted by molar-refractivity contribution is 0.0822. The fraction of sp³-hybridized carbons (Fsp3) is 0.320. The van der Waals surface area contributed by atoms with E-state index in [2.05, 4.69) is 9.97 Å². The largest absolute Gasteiger partial charge is 0.470 e. The molecule has 1 aromatic heterocycles. The number of halogens is 3. The maximum atomic E-state index is 14.2. The van der Waals surface area contributed by atoms with E-state index >= 15 is 0 Å². The first-order valence-electron chi connectivity index (χ1n) is 12.0. The lowest BCUT2D eigenvalue weighted by atomic mass is 9.97. The van der Waals surface area contributed by atoms with Gasteiger partial charge in [0, 0.05) is 36.3 Å². The highest BCUT2D eigenvalue weighted by Crippen LogP contribution is 2.35. The molecule has 1 atom stereocenters. The van der Waals surface area contributed by atoms with Gasteiger partial charge in [-0.25, -0.2) is 18.7 Å². The Morgan fingerprint density at radius 1 is 1.20 bits per heavy atom. The first kappa shape index (κ1) is 29.6. The number of carbonyl (C=O) groups excluding carboxylic acids is 1. The molecule has 2 heterocycles. The van der Waals surface area contributed by atoms with Crippen LogP contribution in [0.15, 0.2) is 36.5 Å². The molecule has 1 unspecified atom stereocenters. The Bertz CT molecular complexity index is 1540. The average Bonchev–Trinajstić information content (AvgIpc) is 2.90. The summed E-state index contributed by atoms with van der Waals surface area (Å²) in [6.07, 6.45) is 1.57. The van der Waals surface area contributed by atoms with Crippen LogP contribution in [0.3, 0.4) is 0 Å². The predicted molar refractivity (Wildman–Crippen MR) is 142 cm³/mol. The number of aromatic nitrogens is 2. The lowest BCUT2D eigenvalue weighted by Crippen LogP contribution is -2.39. The number of ether oxygens (including phenoxy) is 1. The summed E-state index contributed by atoms with van der Waals surface area (Å²) >= 11 is 5.86. The minimum absolute atomic E-state index is 0.00386. The van der Waals surface area contributed by atoms with Crippen molar-refractivity contribution in [3.63, 3.8) is 0 Å². The van der Waals surface area contributed by atoms with Crippen LogP contribution in [0, 0.1) is 11.6 Å². The number of anilines is 1. The molecule has 11 nitrogen and oxygen atoms in total. The average molecular weight is 598 g/mol. The number of amides is 1. The van der Waals surface area contributed by atoms with Crippen molar-refractivity contribution in [1.29, 1.82) is 0 Å². The molecule has 1 fully saturated rings. The van der Waals surface area contributed by atoms with Crippen LogP contribution in [0.5, 0.6) is 5.88 Å². The normalized spacial score (nSPS) is 15.6. The smallest absolute Gasteiger partial charge is 0.273 e. The fourth-order valence-electron chi connectivity index (χ4n) is 4.36. The molecule has 6 N–H and O–H groups in total. The molecule has 214 valence electrons. The SMILES string of the molecule is NC(=O)c1ccc(C(CN2CCC(O)CC2)S(=O)(=O)O)c(-c2cnc(N)c(OCc3c(F)ccc(F)c3Cl)n2)c1. The van der Waals surface area contributed by atoms with Gasteiger partial charge < -0.3 is 26.2 Å². The number of benzene rings is 2. The molecule has 4 rings (SSSR count). The number of aliphatic hydroxyl groups is 1. The third-order valence-electron chi connectivity index (χ3n) is 6.56. The lowest BCUT2D eigenvalue weighted by Gasteiger charge is -2.32. The maximum Gasteiger partial charge on any atom is 0.273 e. The molecule has 0 aliphatic carbocycles. The number of hydrogen-bond donors (Lipinski definition) is 4. The second-order valence-electron chi connectivity index (χ2n) is 9.26. The van der Waals surface area contributed by atoms with Crippen LogP contribution in [0.4, 0.5) is 14.6 Å². The van der Waals surface area contributed by atoms with Gasteiger partial charge in [-0.05, 0) is 42.7 Å². The van der Waals surface area contributed by atoms with E-state index < -0.39 is 50.6 Å². The first-order chi connectivity index (χ1) is 18.8. The summed E-state index contributed by atoms with van der Waals surface area (Å²) in [5.41, 5.74) is 11.2.